The first kappa shape index (κ1) is 12.0. The summed E-state index contributed by atoms with van der Waals surface area (Å²) in [6, 6.07) is 3.83. The summed E-state index contributed by atoms with van der Waals surface area (Å²) in [5.74, 6) is 0.0998. The number of thiophene rings is 1. The normalized spacial score (nSPS) is 10.7. The van der Waals surface area contributed by atoms with Crippen LogP contribution in [-0.4, -0.2) is 15.6 Å². The molecule has 0 saturated carbocycles. The molecule has 0 amide bonds. The highest BCUT2D eigenvalue weighted by Gasteiger charge is 2.17. The van der Waals surface area contributed by atoms with Gasteiger partial charge in [-0.3, -0.25) is 9.48 Å². The molecule has 0 aliphatic rings. The van der Waals surface area contributed by atoms with Gasteiger partial charge in [0.25, 0.3) is 0 Å². The Bertz CT molecular complexity index is 513. The molecule has 3 nitrogen and oxygen atoms in total. The highest BCUT2D eigenvalue weighted by molar-refractivity contribution is 7.12. The van der Waals surface area contributed by atoms with Crippen LogP contribution in [0.5, 0.6) is 0 Å². The highest BCUT2D eigenvalue weighted by atomic mass is 32.1. The maximum absolute atomic E-state index is 12.4. The number of nitrogens with zero attached hydrogens (tertiary/aromatic N) is 2. The molecular weight excluding hydrogens is 232 g/mol. The van der Waals surface area contributed by atoms with E-state index in [2.05, 4.69) is 18.9 Å². The standard InChI is InChI=1S/C13H16N2OS/c1-3-8-15-11(5-7-14-15)12(16)13-10(4-2)6-9-17-13/h5-7,9H,3-4,8H2,1-2H3. The van der Waals surface area contributed by atoms with Crippen molar-refractivity contribution in [3.8, 4) is 0 Å². The molecule has 0 bridgehead atoms. The number of hydrogen-bond donors (Lipinski definition) is 0. The van der Waals surface area contributed by atoms with Gasteiger partial charge in [0.15, 0.2) is 0 Å². The summed E-state index contributed by atoms with van der Waals surface area (Å²) in [6.07, 6.45) is 3.57. The van der Waals surface area contributed by atoms with E-state index in [1.807, 2.05) is 11.4 Å². The Hall–Kier alpha value is -1.42. The molecule has 0 aliphatic carbocycles. The van der Waals surface area contributed by atoms with Crippen LogP contribution in [0.1, 0.15) is 41.2 Å². The van der Waals surface area contributed by atoms with Gasteiger partial charge in [-0.05, 0) is 35.9 Å². The topological polar surface area (TPSA) is 34.9 Å². The molecule has 0 saturated heterocycles. The third-order valence-corrected chi connectivity index (χ3v) is 3.67. The van der Waals surface area contributed by atoms with E-state index in [1.54, 1.807) is 16.9 Å². The third-order valence-electron chi connectivity index (χ3n) is 2.72. The van der Waals surface area contributed by atoms with Gasteiger partial charge in [-0.1, -0.05) is 13.8 Å². The van der Waals surface area contributed by atoms with Gasteiger partial charge in [0.2, 0.25) is 5.78 Å². The second kappa shape index (κ2) is 5.27. The number of carbonyl (C=O) groups is 1. The quantitative estimate of drug-likeness (QED) is 0.762. The van der Waals surface area contributed by atoms with Gasteiger partial charge in [0, 0.05) is 12.7 Å². The van der Waals surface area contributed by atoms with Gasteiger partial charge in [-0.25, -0.2) is 0 Å². The average molecular weight is 248 g/mol. The molecule has 0 aromatic carbocycles. The minimum Gasteiger partial charge on any atom is -0.286 e. The fourth-order valence-electron chi connectivity index (χ4n) is 1.85. The van der Waals surface area contributed by atoms with E-state index in [4.69, 9.17) is 0 Å². The SMILES string of the molecule is CCCn1nccc1C(=O)c1sccc1CC. The van der Waals surface area contributed by atoms with Gasteiger partial charge in [0.1, 0.15) is 5.69 Å². The van der Waals surface area contributed by atoms with E-state index in [-0.39, 0.29) is 5.78 Å². The molecular formula is C13H16N2OS. The Morgan fingerprint density at radius 1 is 1.41 bits per heavy atom. The molecule has 0 atom stereocenters. The Kier molecular flexibility index (Phi) is 3.74. The Balaban J connectivity index is 2.34. The minimum atomic E-state index is 0.0998. The van der Waals surface area contributed by atoms with Gasteiger partial charge >= 0.3 is 0 Å². The fraction of sp³-hybridized carbons (Fsp3) is 0.385. The summed E-state index contributed by atoms with van der Waals surface area (Å²) in [7, 11) is 0. The van der Waals surface area contributed by atoms with Crippen molar-refractivity contribution in [3.05, 3.63) is 39.8 Å². The van der Waals surface area contributed by atoms with Gasteiger partial charge in [-0.15, -0.1) is 11.3 Å². The smallest absolute Gasteiger partial charge is 0.221 e. The van der Waals surface area contributed by atoms with Crippen LogP contribution in [0.3, 0.4) is 0 Å². The number of ketones is 1. The van der Waals surface area contributed by atoms with Crippen molar-refractivity contribution >= 4 is 17.1 Å². The summed E-state index contributed by atoms with van der Waals surface area (Å²) in [6.45, 7) is 4.95. The first-order valence-corrected chi connectivity index (χ1v) is 6.78. The zero-order valence-corrected chi connectivity index (χ0v) is 11.0. The van der Waals surface area contributed by atoms with Gasteiger partial charge in [0.05, 0.1) is 4.88 Å². The number of aromatic nitrogens is 2. The van der Waals surface area contributed by atoms with Crippen molar-refractivity contribution in [2.45, 2.75) is 33.2 Å². The predicted molar refractivity (Wildman–Crippen MR) is 69.6 cm³/mol. The van der Waals surface area contributed by atoms with E-state index in [1.165, 1.54) is 11.3 Å². The van der Waals surface area contributed by atoms with Gasteiger partial charge < -0.3 is 0 Å². The molecule has 4 heteroatoms. The molecule has 2 heterocycles. The lowest BCUT2D eigenvalue weighted by Crippen LogP contribution is -2.11. The first-order valence-electron chi connectivity index (χ1n) is 5.90. The number of carbonyl (C=O) groups excluding carboxylic acids is 1. The Morgan fingerprint density at radius 3 is 2.94 bits per heavy atom. The van der Waals surface area contributed by atoms with E-state index in [9.17, 15) is 4.79 Å². The minimum absolute atomic E-state index is 0.0998. The molecule has 17 heavy (non-hydrogen) atoms. The molecule has 0 spiro atoms. The maximum atomic E-state index is 12.4. The summed E-state index contributed by atoms with van der Waals surface area (Å²) < 4.78 is 1.79. The van der Waals surface area contributed by atoms with Crippen LogP contribution in [0.4, 0.5) is 0 Å². The van der Waals surface area contributed by atoms with Crippen molar-refractivity contribution in [1.82, 2.24) is 9.78 Å². The Morgan fingerprint density at radius 2 is 2.24 bits per heavy atom. The molecule has 2 aromatic rings. The fourth-order valence-corrected chi connectivity index (χ4v) is 2.79. The van der Waals surface area contributed by atoms with Crippen molar-refractivity contribution in [3.63, 3.8) is 0 Å². The van der Waals surface area contributed by atoms with E-state index in [0.29, 0.717) is 5.69 Å². The van der Waals surface area contributed by atoms with Crippen LogP contribution in [0.15, 0.2) is 23.7 Å². The van der Waals surface area contributed by atoms with E-state index >= 15 is 0 Å². The molecule has 2 aromatic heterocycles. The summed E-state index contributed by atoms with van der Waals surface area (Å²) >= 11 is 1.52. The zero-order chi connectivity index (χ0) is 12.3. The molecule has 0 fully saturated rings. The lowest BCUT2D eigenvalue weighted by Gasteiger charge is -2.05. The first-order chi connectivity index (χ1) is 8.27. The van der Waals surface area contributed by atoms with Crippen LogP contribution in [0.2, 0.25) is 0 Å². The average Bonchev–Trinajstić information content (AvgIpc) is 2.96. The van der Waals surface area contributed by atoms with Crippen molar-refractivity contribution in [1.29, 1.82) is 0 Å². The predicted octanol–water partition coefficient (Wildman–Crippen LogP) is 3.15. The van der Waals surface area contributed by atoms with Crippen molar-refractivity contribution in [2.24, 2.45) is 0 Å². The largest absolute Gasteiger partial charge is 0.286 e. The summed E-state index contributed by atoms with van der Waals surface area (Å²) in [5, 5.41) is 6.17. The molecule has 0 radical (unpaired) electrons. The molecule has 0 N–H and O–H groups in total. The lowest BCUT2D eigenvalue weighted by molar-refractivity contribution is 0.103. The monoisotopic (exact) mass is 248 g/mol. The molecule has 90 valence electrons. The number of aryl methyl sites for hydroxylation is 2. The van der Waals surface area contributed by atoms with Crippen LogP contribution >= 0.6 is 11.3 Å². The van der Waals surface area contributed by atoms with Crippen LogP contribution < -0.4 is 0 Å². The lowest BCUT2D eigenvalue weighted by atomic mass is 10.1. The maximum Gasteiger partial charge on any atom is 0.221 e. The van der Waals surface area contributed by atoms with E-state index in [0.717, 1.165) is 29.8 Å². The molecule has 2 rings (SSSR count). The van der Waals surface area contributed by atoms with Crippen molar-refractivity contribution in [2.75, 3.05) is 0 Å². The second-order valence-electron chi connectivity index (χ2n) is 3.90. The highest BCUT2D eigenvalue weighted by Crippen LogP contribution is 2.21. The Labute approximate surface area is 105 Å². The number of hydrogen-bond acceptors (Lipinski definition) is 3. The van der Waals surface area contributed by atoms with Crippen molar-refractivity contribution < 1.29 is 4.79 Å². The van der Waals surface area contributed by atoms with Crippen LogP contribution in [0.25, 0.3) is 0 Å². The van der Waals surface area contributed by atoms with E-state index < -0.39 is 0 Å². The van der Waals surface area contributed by atoms with Gasteiger partial charge in [-0.2, -0.15) is 5.10 Å². The zero-order valence-electron chi connectivity index (χ0n) is 10.1. The second-order valence-corrected chi connectivity index (χ2v) is 4.81. The third kappa shape index (κ3) is 2.31. The van der Waals surface area contributed by atoms with Crippen LogP contribution in [0, 0.1) is 0 Å². The summed E-state index contributed by atoms with van der Waals surface area (Å²) in [5.41, 5.74) is 1.83. The van der Waals surface area contributed by atoms with Crippen LogP contribution in [-0.2, 0) is 13.0 Å². The summed E-state index contributed by atoms with van der Waals surface area (Å²) in [4.78, 5) is 13.2. The number of rotatable bonds is 5. The molecule has 0 aliphatic heterocycles. The molecule has 0 unspecified atom stereocenters.